The van der Waals surface area contributed by atoms with Gasteiger partial charge in [0.1, 0.15) is 36.4 Å². The zero-order chi connectivity index (χ0) is 20.8. The molecule has 154 valence electrons. The molecule has 0 fully saturated rings. The summed E-state index contributed by atoms with van der Waals surface area (Å²) in [5.74, 6) is -1.56. The number of ether oxygens (including phenoxy) is 3. The molecule has 0 saturated heterocycles. The van der Waals surface area contributed by atoms with Crippen molar-refractivity contribution in [3.63, 3.8) is 0 Å². The normalized spacial score (nSPS) is 23.6. The molecule has 0 unspecified atom stereocenters. The van der Waals surface area contributed by atoms with Gasteiger partial charge in [-0.05, 0) is 30.3 Å². The monoisotopic (exact) mass is 397 g/mol. The third-order valence-corrected chi connectivity index (χ3v) is 4.10. The molecule has 0 bridgehead atoms. The maximum absolute atomic E-state index is 11.4. The minimum atomic E-state index is -1.66. The van der Waals surface area contributed by atoms with Crippen molar-refractivity contribution in [2.24, 2.45) is 0 Å². The molecule has 28 heavy (non-hydrogen) atoms. The SMILES string of the molecule is COc1ccc(OC[C@@H](O)[C@@H](O)[C@@H]2OC(C(=O)O)=C[C@H](O)[C@H]2NC(C)=O)cc1. The van der Waals surface area contributed by atoms with E-state index in [2.05, 4.69) is 5.32 Å². The van der Waals surface area contributed by atoms with Crippen LogP contribution in [-0.2, 0) is 14.3 Å². The summed E-state index contributed by atoms with van der Waals surface area (Å²) in [5, 5.41) is 42.3. The van der Waals surface area contributed by atoms with Crippen molar-refractivity contribution < 1.29 is 44.2 Å². The molecule has 1 aliphatic rings. The second kappa shape index (κ2) is 9.40. The van der Waals surface area contributed by atoms with Gasteiger partial charge >= 0.3 is 5.97 Å². The fraction of sp³-hybridized carbons (Fsp3) is 0.444. The van der Waals surface area contributed by atoms with Crippen LogP contribution in [0.5, 0.6) is 11.5 Å². The standard InChI is InChI=1S/C18H23NO9/c1-9(20)19-15-12(21)7-14(18(24)25)28-17(15)16(23)13(22)8-27-11-5-3-10(26-2)4-6-11/h3-7,12-13,15-17,21-23H,8H2,1-2H3,(H,19,20)(H,24,25)/t12-,13+,15+,16+,17+/m0/s1. The molecule has 1 aliphatic heterocycles. The van der Waals surface area contributed by atoms with Crippen LogP contribution in [0.2, 0.25) is 0 Å². The van der Waals surface area contributed by atoms with Gasteiger partial charge < -0.3 is 40.0 Å². The number of methoxy groups -OCH3 is 1. The van der Waals surface area contributed by atoms with Crippen molar-refractivity contribution in [1.82, 2.24) is 5.32 Å². The summed E-state index contributed by atoms with van der Waals surface area (Å²) >= 11 is 0. The fourth-order valence-corrected chi connectivity index (χ4v) is 2.69. The van der Waals surface area contributed by atoms with Gasteiger partial charge in [-0.25, -0.2) is 4.79 Å². The van der Waals surface area contributed by atoms with Crippen molar-refractivity contribution >= 4 is 11.9 Å². The second-order valence-corrected chi connectivity index (χ2v) is 6.18. The number of benzene rings is 1. The van der Waals surface area contributed by atoms with Gasteiger partial charge in [-0.2, -0.15) is 0 Å². The Kier molecular flexibility index (Phi) is 7.21. The lowest BCUT2D eigenvalue weighted by Gasteiger charge is -2.38. The molecule has 10 heteroatoms. The number of rotatable bonds is 8. The number of hydrogen-bond donors (Lipinski definition) is 5. The van der Waals surface area contributed by atoms with E-state index in [1.165, 1.54) is 14.0 Å². The minimum Gasteiger partial charge on any atom is -0.497 e. The zero-order valence-corrected chi connectivity index (χ0v) is 15.3. The van der Waals surface area contributed by atoms with Crippen LogP contribution in [-0.4, -0.2) is 76.5 Å². The smallest absolute Gasteiger partial charge is 0.370 e. The van der Waals surface area contributed by atoms with Gasteiger partial charge in [-0.15, -0.1) is 0 Å². The quantitative estimate of drug-likeness (QED) is 0.372. The van der Waals surface area contributed by atoms with E-state index >= 15 is 0 Å². The molecule has 0 saturated carbocycles. The summed E-state index contributed by atoms with van der Waals surface area (Å²) in [7, 11) is 1.51. The van der Waals surface area contributed by atoms with Gasteiger partial charge in [0.25, 0.3) is 0 Å². The van der Waals surface area contributed by atoms with Gasteiger partial charge in [0.15, 0.2) is 6.10 Å². The average Bonchev–Trinajstić information content (AvgIpc) is 2.66. The van der Waals surface area contributed by atoms with Crippen molar-refractivity contribution in [2.45, 2.75) is 37.4 Å². The molecule has 2 rings (SSSR count). The van der Waals surface area contributed by atoms with Gasteiger partial charge in [0.05, 0.1) is 13.2 Å². The van der Waals surface area contributed by atoms with Crippen molar-refractivity contribution in [3.05, 3.63) is 36.1 Å². The van der Waals surface area contributed by atoms with Crippen molar-refractivity contribution in [3.8, 4) is 11.5 Å². The van der Waals surface area contributed by atoms with Crippen LogP contribution in [0.3, 0.4) is 0 Å². The Hall–Kier alpha value is -2.82. The Balaban J connectivity index is 2.08. The van der Waals surface area contributed by atoms with E-state index in [0.29, 0.717) is 11.5 Å². The number of carboxylic acid groups (broad SMARTS) is 1. The van der Waals surface area contributed by atoms with E-state index in [1.807, 2.05) is 0 Å². The fourth-order valence-electron chi connectivity index (χ4n) is 2.69. The topological polar surface area (TPSA) is 155 Å². The van der Waals surface area contributed by atoms with E-state index in [4.69, 9.17) is 19.3 Å². The third kappa shape index (κ3) is 5.35. The van der Waals surface area contributed by atoms with Crippen LogP contribution in [0.1, 0.15) is 6.92 Å². The van der Waals surface area contributed by atoms with Crippen molar-refractivity contribution in [2.75, 3.05) is 13.7 Å². The number of hydrogen-bond acceptors (Lipinski definition) is 8. The minimum absolute atomic E-state index is 0.345. The summed E-state index contributed by atoms with van der Waals surface area (Å²) in [6.07, 6.45) is -5.09. The van der Waals surface area contributed by atoms with E-state index in [0.717, 1.165) is 6.08 Å². The highest BCUT2D eigenvalue weighted by atomic mass is 16.5. The number of aliphatic carboxylic acids is 1. The highest BCUT2D eigenvalue weighted by Crippen LogP contribution is 2.24. The molecule has 0 spiro atoms. The molecule has 10 nitrogen and oxygen atoms in total. The number of amides is 1. The molecule has 0 radical (unpaired) electrons. The number of carboxylic acids is 1. The molecule has 5 N–H and O–H groups in total. The molecule has 0 aromatic heterocycles. The summed E-state index contributed by atoms with van der Waals surface area (Å²) in [6.45, 7) is 0.845. The van der Waals surface area contributed by atoms with Crippen molar-refractivity contribution in [1.29, 1.82) is 0 Å². The van der Waals surface area contributed by atoms with Gasteiger partial charge in [0, 0.05) is 6.92 Å². The lowest BCUT2D eigenvalue weighted by Crippen LogP contribution is -2.60. The Morgan fingerprint density at radius 2 is 1.82 bits per heavy atom. The first kappa shape index (κ1) is 21.5. The van der Waals surface area contributed by atoms with E-state index in [1.54, 1.807) is 24.3 Å². The first-order chi connectivity index (χ1) is 13.2. The first-order valence-corrected chi connectivity index (χ1v) is 8.43. The summed E-state index contributed by atoms with van der Waals surface area (Å²) in [6, 6.07) is 5.34. The maximum Gasteiger partial charge on any atom is 0.370 e. The molecule has 1 heterocycles. The van der Waals surface area contributed by atoms with Gasteiger partial charge in [-0.3, -0.25) is 4.79 Å². The molecular weight excluding hydrogens is 374 g/mol. The number of carbonyl (C=O) groups excluding carboxylic acids is 1. The van der Waals surface area contributed by atoms with Crippen LogP contribution >= 0.6 is 0 Å². The van der Waals surface area contributed by atoms with Gasteiger partial charge in [-0.1, -0.05) is 0 Å². The number of aliphatic hydroxyl groups is 3. The Morgan fingerprint density at radius 3 is 2.36 bits per heavy atom. The van der Waals surface area contributed by atoms with Crippen LogP contribution in [0.15, 0.2) is 36.1 Å². The average molecular weight is 397 g/mol. The summed E-state index contributed by atoms with van der Waals surface area (Å²) in [4.78, 5) is 22.5. The molecule has 5 atom stereocenters. The largest absolute Gasteiger partial charge is 0.497 e. The van der Waals surface area contributed by atoms with Crippen LogP contribution in [0.25, 0.3) is 0 Å². The number of aliphatic hydroxyl groups excluding tert-OH is 3. The van der Waals surface area contributed by atoms with Crippen LogP contribution in [0, 0.1) is 0 Å². The lowest BCUT2D eigenvalue weighted by atomic mass is 9.94. The molecule has 0 aliphatic carbocycles. The number of carbonyl (C=O) groups is 2. The zero-order valence-electron chi connectivity index (χ0n) is 15.3. The van der Waals surface area contributed by atoms with E-state index in [-0.39, 0.29) is 6.61 Å². The number of nitrogens with one attached hydrogen (secondary N) is 1. The predicted octanol–water partition coefficient (Wildman–Crippen LogP) is -0.971. The van der Waals surface area contributed by atoms with E-state index < -0.39 is 48.1 Å². The summed E-state index contributed by atoms with van der Waals surface area (Å²) < 4.78 is 15.6. The second-order valence-electron chi connectivity index (χ2n) is 6.18. The van der Waals surface area contributed by atoms with Crippen LogP contribution < -0.4 is 14.8 Å². The van der Waals surface area contributed by atoms with Crippen LogP contribution in [0.4, 0.5) is 0 Å². The molecule has 1 amide bonds. The highest BCUT2D eigenvalue weighted by molar-refractivity contribution is 5.84. The lowest BCUT2D eigenvalue weighted by molar-refractivity contribution is -0.149. The Bertz CT molecular complexity index is 718. The molecule has 1 aromatic rings. The van der Waals surface area contributed by atoms with Gasteiger partial charge in [0.2, 0.25) is 11.7 Å². The predicted molar refractivity (Wildman–Crippen MR) is 94.7 cm³/mol. The third-order valence-electron chi connectivity index (χ3n) is 4.10. The Labute approximate surface area is 161 Å². The summed E-state index contributed by atoms with van der Waals surface area (Å²) in [5.41, 5.74) is 0. The molecular formula is C18H23NO9. The molecule has 1 aromatic carbocycles. The highest BCUT2D eigenvalue weighted by Gasteiger charge is 2.43. The first-order valence-electron chi connectivity index (χ1n) is 8.43. The maximum atomic E-state index is 11.4. The van der Waals surface area contributed by atoms with E-state index in [9.17, 15) is 24.9 Å². The Morgan fingerprint density at radius 1 is 1.21 bits per heavy atom.